The topological polar surface area (TPSA) is 29.5 Å². The number of carbonyl (C=O) groups is 1. The van der Waals surface area contributed by atoms with Crippen molar-refractivity contribution in [2.45, 2.75) is 44.6 Å². The molecule has 1 aromatic rings. The van der Waals surface area contributed by atoms with Gasteiger partial charge in [-0.1, -0.05) is 12.1 Å². The zero-order valence-corrected chi connectivity index (χ0v) is 13.1. The van der Waals surface area contributed by atoms with E-state index in [9.17, 15) is 4.79 Å². The number of para-hydroxylation sites is 1. The third-order valence-corrected chi connectivity index (χ3v) is 4.40. The Bertz CT molecular complexity index is 544. The van der Waals surface area contributed by atoms with Crippen molar-refractivity contribution in [2.24, 2.45) is 0 Å². The summed E-state index contributed by atoms with van der Waals surface area (Å²) in [7, 11) is 0. The number of rotatable bonds is 0. The van der Waals surface area contributed by atoms with Gasteiger partial charge in [0.05, 0.1) is 5.69 Å². The molecule has 1 aromatic carbocycles. The molecule has 0 unspecified atom stereocenters. The standard InChI is InChI=1S/C15H18BrNO2/c1-14(2,3)19-13(18)17-9-15(7-8-15)10-5-4-6-11(16)12(10)17/h4-6H,7-9H2,1-3H3. The highest BCUT2D eigenvalue weighted by Crippen LogP contribution is 2.58. The Morgan fingerprint density at radius 2 is 2.05 bits per heavy atom. The number of ether oxygens (including phenoxy) is 1. The SMILES string of the molecule is CC(C)(C)OC(=O)N1CC2(CC2)c2cccc(Br)c21. The van der Waals surface area contributed by atoms with E-state index in [0.29, 0.717) is 0 Å². The van der Waals surface area contributed by atoms with E-state index in [0.717, 1.165) is 29.5 Å². The zero-order valence-electron chi connectivity index (χ0n) is 11.5. The van der Waals surface area contributed by atoms with Crippen LogP contribution in [0.2, 0.25) is 0 Å². The summed E-state index contributed by atoms with van der Waals surface area (Å²) in [6.07, 6.45) is 2.08. The number of hydrogen-bond donors (Lipinski definition) is 0. The minimum atomic E-state index is -0.461. The van der Waals surface area contributed by atoms with E-state index in [2.05, 4.69) is 22.0 Å². The minimum absolute atomic E-state index is 0.190. The first-order chi connectivity index (χ1) is 8.82. The third kappa shape index (κ3) is 2.16. The van der Waals surface area contributed by atoms with Crippen LogP contribution in [-0.4, -0.2) is 18.2 Å². The zero-order chi connectivity index (χ0) is 13.8. The average molecular weight is 324 g/mol. The molecule has 1 fully saturated rings. The molecule has 0 bridgehead atoms. The van der Waals surface area contributed by atoms with Crippen LogP contribution >= 0.6 is 15.9 Å². The van der Waals surface area contributed by atoms with E-state index in [1.807, 2.05) is 32.9 Å². The van der Waals surface area contributed by atoms with Gasteiger partial charge in [-0.05, 0) is 61.2 Å². The molecule has 4 heteroatoms. The second-order valence-electron chi connectivity index (χ2n) is 6.48. The smallest absolute Gasteiger partial charge is 0.414 e. The van der Waals surface area contributed by atoms with Gasteiger partial charge in [-0.3, -0.25) is 4.90 Å². The summed E-state index contributed by atoms with van der Waals surface area (Å²) >= 11 is 3.57. The van der Waals surface area contributed by atoms with Crippen molar-refractivity contribution < 1.29 is 9.53 Å². The van der Waals surface area contributed by atoms with E-state index in [4.69, 9.17) is 4.74 Å². The van der Waals surface area contributed by atoms with Gasteiger partial charge in [0.25, 0.3) is 0 Å². The van der Waals surface area contributed by atoms with Crippen molar-refractivity contribution in [1.82, 2.24) is 0 Å². The van der Waals surface area contributed by atoms with Gasteiger partial charge in [0.2, 0.25) is 0 Å². The van der Waals surface area contributed by atoms with Crippen molar-refractivity contribution in [1.29, 1.82) is 0 Å². The molecule has 0 aromatic heterocycles. The lowest BCUT2D eigenvalue weighted by molar-refractivity contribution is 0.0581. The molecular formula is C15H18BrNO2. The molecule has 1 spiro atoms. The van der Waals surface area contributed by atoms with Crippen LogP contribution in [0.3, 0.4) is 0 Å². The van der Waals surface area contributed by atoms with Crippen LogP contribution in [0.25, 0.3) is 0 Å². The Morgan fingerprint density at radius 3 is 2.63 bits per heavy atom. The monoisotopic (exact) mass is 323 g/mol. The van der Waals surface area contributed by atoms with Gasteiger partial charge in [0, 0.05) is 16.4 Å². The highest BCUT2D eigenvalue weighted by Gasteiger charge is 2.54. The van der Waals surface area contributed by atoms with Crippen molar-refractivity contribution in [2.75, 3.05) is 11.4 Å². The number of anilines is 1. The van der Waals surface area contributed by atoms with Crippen LogP contribution in [0, 0.1) is 0 Å². The minimum Gasteiger partial charge on any atom is -0.443 e. The number of halogens is 1. The summed E-state index contributed by atoms with van der Waals surface area (Å²) in [6.45, 7) is 6.44. The quantitative estimate of drug-likeness (QED) is 0.714. The third-order valence-electron chi connectivity index (χ3n) is 3.76. The summed E-state index contributed by atoms with van der Waals surface area (Å²) in [5.74, 6) is 0. The molecular weight excluding hydrogens is 306 g/mol. The summed E-state index contributed by atoms with van der Waals surface area (Å²) < 4.78 is 6.49. The summed E-state index contributed by atoms with van der Waals surface area (Å²) in [5.41, 5.74) is 2.01. The Balaban J connectivity index is 1.96. The van der Waals surface area contributed by atoms with Crippen molar-refractivity contribution in [3.05, 3.63) is 28.2 Å². The number of carbonyl (C=O) groups excluding carboxylic acids is 1. The Kier molecular flexibility index (Phi) is 2.72. The van der Waals surface area contributed by atoms with Crippen LogP contribution in [0.1, 0.15) is 39.2 Å². The van der Waals surface area contributed by atoms with Gasteiger partial charge in [0.15, 0.2) is 0 Å². The van der Waals surface area contributed by atoms with Crippen LogP contribution in [0.15, 0.2) is 22.7 Å². The molecule has 0 N–H and O–H groups in total. The fourth-order valence-electron chi connectivity index (χ4n) is 2.74. The van der Waals surface area contributed by atoms with Gasteiger partial charge >= 0.3 is 6.09 Å². The number of amides is 1. The second kappa shape index (κ2) is 3.98. The molecule has 2 aliphatic rings. The van der Waals surface area contributed by atoms with E-state index >= 15 is 0 Å². The number of nitrogens with zero attached hydrogens (tertiary/aromatic N) is 1. The first-order valence-corrected chi connectivity index (χ1v) is 7.41. The van der Waals surface area contributed by atoms with E-state index in [-0.39, 0.29) is 11.5 Å². The number of fused-ring (bicyclic) bond motifs is 2. The maximum Gasteiger partial charge on any atom is 0.414 e. The molecule has 0 saturated heterocycles. The first kappa shape index (κ1) is 13.0. The highest BCUT2D eigenvalue weighted by molar-refractivity contribution is 9.10. The molecule has 0 atom stereocenters. The van der Waals surface area contributed by atoms with Gasteiger partial charge in [-0.25, -0.2) is 4.79 Å². The molecule has 3 rings (SSSR count). The lowest BCUT2D eigenvalue weighted by atomic mass is 9.99. The molecule has 0 radical (unpaired) electrons. The fraction of sp³-hybridized carbons (Fsp3) is 0.533. The largest absolute Gasteiger partial charge is 0.443 e. The van der Waals surface area contributed by atoms with Crippen LogP contribution in [-0.2, 0) is 10.2 Å². The maximum atomic E-state index is 12.4. The molecule has 102 valence electrons. The van der Waals surface area contributed by atoms with Gasteiger partial charge < -0.3 is 4.74 Å². The van der Waals surface area contributed by atoms with Crippen molar-refractivity contribution in [3.8, 4) is 0 Å². The van der Waals surface area contributed by atoms with Gasteiger partial charge in [-0.2, -0.15) is 0 Å². The van der Waals surface area contributed by atoms with E-state index in [1.165, 1.54) is 5.56 Å². The van der Waals surface area contributed by atoms with E-state index < -0.39 is 5.60 Å². The lowest BCUT2D eigenvalue weighted by Gasteiger charge is -2.25. The molecule has 1 aliphatic heterocycles. The van der Waals surface area contributed by atoms with Crippen LogP contribution in [0.4, 0.5) is 10.5 Å². The van der Waals surface area contributed by atoms with Crippen molar-refractivity contribution >= 4 is 27.7 Å². The van der Waals surface area contributed by atoms with Crippen LogP contribution < -0.4 is 4.90 Å². The summed E-state index contributed by atoms with van der Waals surface area (Å²) in [4.78, 5) is 14.2. The molecule has 19 heavy (non-hydrogen) atoms. The van der Waals surface area contributed by atoms with E-state index in [1.54, 1.807) is 4.90 Å². The predicted octanol–water partition coefficient (Wildman–Crippen LogP) is 4.24. The normalized spacial score (nSPS) is 19.5. The molecule has 1 aliphatic carbocycles. The summed E-state index contributed by atoms with van der Waals surface area (Å²) in [6, 6.07) is 6.16. The van der Waals surface area contributed by atoms with Gasteiger partial charge in [0.1, 0.15) is 5.60 Å². The lowest BCUT2D eigenvalue weighted by Crippen LogP contribution is -2.37. The Hall–Kier alpha value is -1.03. The Labute approximate surface area is 122 Å². The Morgan fingerprint density at radius 1 is 1.37 bits per heavy atom. The van der Waals surface area contributed by atoms with Crippen LogP contribution in [0.5, 0.6) is 0 Å². The fourth-order valence-corrected chi connectivity index (χ4v) is 3.32. The van der Waals surface area contributed by atoms with Gasteiger partial charge in [-0.15, -0.1) is 0 Å². The number of hydrogen-bond acceptors (Lipinski definition) is 2. The maximum absolute atomic E-state index is 12.4. The van der Waals surface area contributed by atoms with Crippen molar-refractivity contribution in [3.63, 3.8) is 0 Å². The average Bonchev–Trinajstić information content (AvgIpc) is 2.95. The molecule has 1 amide bonds. The molecule has 1 heterocycles. The molecule has 1 saturated carbocycles. The highest BCUT2D eigenvalue weighted by atomic mass is 79.9. The predicted molar refractivity (Wildman–Crippen MR) is 78.6 cm³/mol. The number of benzene rings is 1. The first-order valence-electron chi connectivity index (χ1n) is 6.62. The molecule has 3 nitrogen and oxygen atoms in total. The summed E-state index contributed by atoms with van der Waals surface area (Å²) in [5, 5.41) is 0. The second-order valence-corrected chi connectivity index (χ2v) is 7.34.